The second-order valence-electron chi connectivity index (χ2n) is 7.77. The third kappa shape index (κ3) is 3.36. The molecule has 1 fully saturated rings. The molecular formula is C18H25N5O3. The number of carbonyl (C=O) groups is 2. The van der Waals surface area contributed by atoms with Gasteiger partial charge < -0.3 is 19.5 Å². The average Bonchev–Trinajstić information content (AvgIpc) is 2.98. The van der Waals surface area contributed by atoms with E-state index in [-0.39, 0.29) is 18.2 Å². The number of hydrogen-bond acceptors (Lipinski definition) is 6. The van der Waals surface area contributed by atoms with E-state index in [9.17, 15) is 9.59 Å². The van der Waals surface area contributed by atoms with Crippen LogP contribution in [0.25, 0.3) is 11.0 Å². The molecule has 140 valence electrons. The number of anilines is 1. The topological polar surface area (TPSA) is 91.4 Å². The van der Waals surface area contributed by atoms with E-state index in [0.29, 0.717) is 35.5 Å². The van der Waals surface area contributed by atoms with Crippen molar-refractivity contribution in [1.29, 1.82) is 0 Å². The highest BCUT2D eigenvalue weighted by Crippen LogP contribution is 2.30. The Labute approximate surface area is 152 Å². The molecule has 3 heterocycles. The second-order valence-corrected chi connectivity index (χ2v) is 7.77. The van der Waals surface area contributed by atoms with Crippen LogP contribution >= 0.6 is 0 Å². The summed E-state index contributed by atoms with van der Waals surface area (Å²) in [7, 11) is 0. The Balaban J connectivity index is 1.88. The lowest BCUT2D eigenvalue weighted by Gasteiger charge is -2.44. The molecule has 0 spiro atoms. The normalized spacial score (nSPS) is 21.1. The van der Waals surface area contributed by atoms with Crippen molar-refractivity contribution in [3.63, 3.8) is 0 Å². The van der Waals surface area contributed by atoms with Crippen LogP contribution in [0, 0.1) is 0 Å². The zero-order valence-electron chi connectivity index (χ0n) is 15.8. The summed E-state index contributed by atoms with van der Waals surface area (Å²) in [4.78, 5) is 39.4. The number of aromatic amines is 1. The van der Waals surface area contributed by atoms with Gasteiger partial charge in [-0.1, -0.05) is 0 Å². The standard InChI is InChI=1S/C18H25N5O3/c1-11-8-23(17(25)26-18(3,4)5)12(2)7-22(11)16-14-13(9-24)6-19-15(14)20-10-21-16/h6,9-12H,7-8H2,1-5H3,(H,19,20,21)/t11?,12-/m0/s1. The molecule has 1 unspecified atom stereocenters. The highest BCUT2D eigenvalue weighted by Gasteiger charge is 2.35. The zero-order valence-corrected chi connectivity index (χ0v) is 15.8. The number of piperazine rings is 1. The molecule has 1 N–H and O–H groups in total. The molecule has 2 aromatic rings. The number of nitrogens with zero attached hydrogens (tertiary/aromatic N) is 4. The van der Waals surface area contributed by atoms with Gasteiger partial charge in [0.2, 0.25) is 0 Å². The van der Waals surface area contributed by atoms with Gasteiger partial charge in [0.25, 0.3) is 0 Å². The monoisotopic (exact) mass is 359 g/mol. The highest BCUT2D eigenvalue weighted by molar-refractivity contribution is 6.02. The fourth-order valence-electron chi connectivity index (χ4n) is 3.28. The van der Waals surface area contributed by atoms with Crippen molar-refractivity contribution in [2.45, 2.75) is 52.3 Å². The third-order valence-corrected chi connectivity index (χ3v) is 4.49. The van der Waals surface area contributed by atoms with Crippen molar-refractivity contribution in [1.82, 2.24) is 19.9 Å². The van der Waals surface area contributed by atoms with Crippen LogP contribution in [-0.2, 0) is 4.74 Å². The van der Waals surface area contributed by atoms with E-state index in [2.05, 4.69) is 19.9 Å². The van der Waals surface area contributed by atoms with E-state index in [1.54, 1.807) is 11.1 Å². The summed E-state index contributed by atoms with van der Waals surface area (Å²) in [6.45, 7) is 10.7. The van der Waals surface area contributed by atoms with Gasteiger partial charge in [-0.25, -0.2) is 14.8 Å². The largest absolute Gasteiger partial charge is 0.444 e. The van der Waals surface area contributed by atoms with Crippen molar-refractivity contribution in [2.75, 3.05) is 18.0 Å². The molecule has 8 nitrogen and oxygen atoms in total. The maximum absolute atomic E-state index is 12.5. The van der Waals surface area contributed by atoms with E-state index < -0.39 is 5.60 Å². The minimum Gasteiger partial charge on any atom is -0.444 e. The number of hydrogen-bond donors (Lipinski definition) is 1. The molecule has 8 heteroatoms. The minimum atomic E-state index is -0.528. The molecule has 3 rings (SSSR count). The Bertz CT molecular complexity index is 826. The predicted octanol–water partition coefficient (Wildman–Crippen LogP) is 2.60. The second kappa shape index (κ2) is 6.59. The fourth-order valence-corrected chi connectivity index (χ4v) is 3.28. The Kier molecular flexibility index (Phi) is 4.60. The maximum atomic E-state index is 12.5. The van der Waals surface area contributed by atoms with Crippen molar-refractivity contribution in [3.8, 4) is 0 Å². The predicted molar refractivity (Wildman–Crippen MR) is 98.5 cm³/mol. The number of aldehydes is 1. The molecule has 2 atom stereocenters. The highest BCUT2D eigenvalue weighted by atomic mass is 16.6. The maximum Gasteiger partial charge on any atom is 0.410 e. The van der Waals surface area contributed by atoms with Crippen molar-refractivity contribution >= 4 is 29.2 Å². The summed E-state index contributed by atoms with van der Waals surface area (Å²) in [5.41, 5.74) is 0.636. The molecule has 1 amide bonds. The Morgan fingerprint density at radius 3 is 2.65 bits per heavy atom. The Hall–Kier alpha value is -2.64. The summed E-state index contributed by atoms with van der Waals surface area (Å²) in [5, 5.41) is 0.715. The first kappa shape index (κ1) is 18.2. The minimum absolute atomic E-state index is 0.0196. The van der Waals surface area contributed by atoms with Gasteiger partial charge in [0, 0.05) is 36.9 Å². The molecule has 0 aromatic carbocycles. The first-order valence-corrected chi connectivity index (χ1v) is 8.74. The fraction of sp³-hybridized carbons (Fsp3) is 0.556. The molecule has 1 aliphatic heterocycles. The van der Waals surface area contributed by atoms with Gasteiger partial charge in [-0.3, -0.25) is 4.79 Å². The summed E-state index contributed by atoms with van der Waals surface area (Å²) < 4.78 is 5.52. The number of H-pyrrole nitrogens is 1. The van der Waals surface area contributed by atoms with Crippen LogP contribution in [0.5, 0.6) is 0 Å². The summed E-state index contributed by atoms with van der Waals surface area (Å²) in [6.07, 6.45) is 3.62. The lowest BCUT2D eigenvalue weighted by molar-refractivity contribution is 0.0130. The number of aromatic nitrogens is 3. The number of rotatable bonds is 2. The molecule has 0 saturated carbocycles. The third-order valence-electron chi connectivity index (χ3n) is 4.49. The molecule has 0 aliphatic carbocycles. The Morgan fingerprint density at radius 2 is 2.00 bits per heavy atom. The van der Waals surface area contributed by atoms with E-state index in [0.717, 1.165) is 6.29 Å². The van der Waals surface area contributed by atoms with E-state index in [1.165, 1.54) is 6.33 Å². The van der Waals surface area contributed by atoms with Gasteiger partial charge in [-0.15, -0.1) is 0 Å². The van der Waals surface area contributed by atoms with Gasteiger partial charge in [0.1, 0.15) is 23.4 Å². The van der Waals surface area contributed by atoms with Crippen LogP contribution in [0.1, 0.15) is 45.0 Å². The zero-order chi connectivity index (χ0) is 19.1. The van der Waals surface area contributed by atoms with E-state index in [1.807, 2.05) is 34.6 Å². The van der Waals surface area contributed by atoms with E-state index >= 15 is 0 Å². The molecule has 2 aromatic heterocycles. The van der Waals surface area contributed by atoms with Gasteiger partial charge in [0.15, 0.2) is 6.29 Å². The van der Waals surface area contributed by atoms with Crippen molar-refractivity contribution < 1.29 is 14.3 Å². The SMILES string of the molecule is CC1CN(C(=O)OC(C)(C)C)[C@@H](C)CN1c1ncnc2[nH]cc(C=O)c12. The van der Waals surface area contributed by atoms with Gasteiger partial charge in [0.05, 0.1) is 5.39 Å². The average molecular weight is 359 g/mol. The van der Waals surface area contributed by atoms with Crippen LogP contribution in [0.15, 0.2) is 12.5 Å². The lowest BCUT2D eigenvalue weighted by Crippen LogP contribution is -2.59. The van der Waals surface area contributed by atoms with Gasteiger partial charge in [-0.05, 0) is 34.6 Å². The number of ether oxygens (including phenoxy) is 1. The summed E-state index contributed by atoms with van der Waals surface area (Å²) >= 11 is 0. The van der Waals surface area contributed by atoms with Crippen LogP contribution in [-0.4, -0.2) is 63.0 Å². The molecule has 0 radical (unpaired) electrons. The van der Waals surface area contributed by atoms with Crippen LogP contribution in [0.4, 0.5) is 10.6 Å². The molecule has 26 heavy (non-hydrogen) atoms. The molecule has 0 bridgehead atoms. The number of nitrogens with one attached hydrogen (secondary N) is 1. The first-order chi connectivity index (χ1) is 12.2. The van der Waals surface area contributed by atoms with Gasteiger partial charge >= 0.3 is 6.09 Å². The number of fused-ring (bicyclic) bond motifs is 1. The molecule has 1 aliphatic rings. The first-order valence-electron chi connectivity index (χ1n) is 8.74. The number of carbonyl (C=O) groups excluding carboxylic acids is 2. The molecular weight excluding hydrogens is 334 g/mol. The quantitative estimate of drug-likeness (QED) is 0.829. The Morgan fingerprint density at radius 1 is 1.27 bits per heavy atom. The number of amides is 1. The smallest absolute Gasteiger partial charge is 0.410 e. The van der Waals surface area contributed by atoms with Gasteiger partial charge in [-0.2, -0.15) is 0 Å². The lowest BCUT2D eigenvalue weighted by atomic mass is 10.1. The summed E-state index contributed by atoms with van der Waals surface area (Å²) in [6, 6.07) is -0.0316. The van der Waals surface area contributed by atoms with Crippen molar-refractivity contribution in [3.05, 3.63) is 18.1 Å². The van der Waals surface area contributed by atoms with E-state index in [4.69, 9.17) is 4.74 Å². The van der Waals surface area contributed by atoms with Crippen LogP contribution in [0.3, 0.4) is 0 Å². The van der Waals surface area contributed by atoms with Crippen LogP contribution < -0.4 is 4.90 Å². The molecule has 1 saturated heterocycles. The summed E-state index contributed by atoms with van der Waals surface area (Å²) in [5.74, 6) is 0.710. The van der Waals surface area contributed by atoms with Crippen LogP contribution in [0.2, 0.25) is 0 Å². The van der Waals surface area contributed by atoms with Crippen molar-refractivity contribution in [2.24, 2.45) is 0 Å².